The molecule has 3 nitrogen and oxygen atoms in total. The lowest BCUT2D eigenvalue weighted by molar-refractivity contribution is 0.594. The van der Waals surface area contributed by atoms with Crippen LogP contribution in [0.3, 0.4) is 0 Å². The quantitative estimate of drug-likeness (QED) is 0.947. The Morgan fingerprint density at radius 3 is 2.85 bits per heavy atom. The molecule has 0 spiro atoms. The Bertz CT molecular complexity index is 596. The number of hydrogen-bond acceptors (Lipinski definition) is 4. The van der Waals surface area contributed by atoms with Gasteiger partial charge < -0.3 is 10.3 Å². The van der Waals surface area contributed by atoms with Gasteiger partial charge in [-0.3, -0.25) is 0 Å². The molecule has 2 aromatic rings. The van der Waals surface area contributed by atoms with E-state index >= 15 is 0 Å². The highest BCUT2D eigenvalue weighted by Crippen LogP contribution is 2.33. The van der Waals surface area contributed by atoms with Gasteiger partial charge in [0.25, 0.3) is 0 Å². The average molecular weight is 307 g/mol. The molecular formula is C15H21N3S2. The Hall–Kier alpha value is -0.650. The monoisotopic (exact) mass is 307 g/mol. The number of benzene rings is 1. The van der Waals surface area contributed by atoms with E-state index < -0.39 is 0 Å². The lowest BCUT2D eigenvalue weighted by Gasteiger charge is -2.32. The van der Waals surface area contributed by atoms with Crippen LogP contribution in [0.15, 0.2) is 24.3 Å². The Balaban J connectivity index is 1.80. The Kier molecular flexibility index (Phi) is 4.29. The van der Waals surface area contributed by atoms with Gasteiger partial charge in [0.15, 0.2) is 0 Å². The van der Waals surface area contributed by atoms with Crippen LogP contribution in [-0.4, -0.2) is 37.6 Å². The minimum atomic E-state index is 0.179. The number of imidazole rings is 1. The van der Waals surface area contributed by atoms with Gasteiger partial charge >= 0.3 is 0 Å². The summed E-state index contributed by atoms with van der Waals surface area (Å²) in [5, 5.41) is 1.17. The van der Waals surface area contributed by atoms with E-state index in [-0.39, 0.29) is 6.04 Å². The molecule has 2 N–H and O–H groups in total. The van der Waals surface area contributed by atoms with Crippen LogP contribution in [0.25, 0.3) is 11.0 Å². The van der Waals surface area contributed by atoms with E-state index in [4.69, 9.17) is 10.7 Å². The van der Waals surface area contributed by atoms with E-state index in [1.54, 1.807) is 0 Å². The van der Waals surface area contributed by atoms with Crippen LogP contribution in [0.4, 0.5) is 0 Å². The standard InChI is InChI=1S/C15H21N3S2/c1-10-15(20-8-7-19-10)11(16)9-14-17-12-5-3-4-6-13(12)18(14)2/h3-6,10-11,15H,7-9,16H2,1-2H3. The summed E-state index contributed by atoms with van der Waals surface area (Å²) in [6.45, 7) is 2.30. The van der Waals surface area contributed by atoms with E-state index in [0.717, 1.165) is 17.8 Å². The predicted octanol–water partition coefficient (Wildman–Crippen LogP) is 2.68. The average Bonchev–Trinajstić information content (AvgIpc) is 2.76. The second-order valence-corrected chi connectivity index (χ2v) is 8.13. The summed E-state index contributed by atoms with van der Waals surface area (Å²) in [6, 6.07) is 8.46. The van der Waals surface area contributed by atoms with Crippen LogP contribution in [0.5, 0.6) is 0 Å². The van der Waals surface area contributed by atoms with Gasteiger partial charge in [-0.15, -0.1) is 0 Å². The fraction of sp³-hybridized carbons (Fsp3) is 0.533. The molecule has 0 aliphatic carbocycles. The molecule has 0 bridgehead atoms. The smallest absolute Gasteiger partial charge is 0.111 e. The highest BCUT2D eigenvalue weighted by molar-refractivity contribution is 8.07. The fourth-order valence-corrected chi connectivity index (χ4v) is 5.72. The summed E-state index contributed by atoms with van der Waals surface area (Å²) in [7, 11) is 2.09. The number of nitrogens with two attached hydrogens (primary N) is 1. The molecule has 5 heteroatoms. The third kappa shape index (κ3) is 2.71. The number of thioether (sulfide) groups is 2. The molecule has 1 aliphatic heterocycles. The Morgan fingerprint density at radius 1 is 1.35 bits per heavy atom. The van der Waals surface area contributed by atoms with E-state index in [1.165, 1.54) is 17.0 Å². The van der Waals surface area contributed by atoms with Gasteiger partial charge in [-0.05, 0) is 12.1 Å². The van der Waals surface area contributed by atoms with Crippen LogP contribution in [-0.2, 0) is 13.5 Å². The van der Waals surface area contributed by atoms with Crippen molar-refractivity contribution in [2.45, 2.75) is 29.9 Å². The van der Waals surface area contributed by atoms with Gasteiger partial charge in [0.1, 0.15) is 5.82 Å². The molecule has 1 aromatic carbocycles. The normalized spacial score (nSPS) is 24.9. The molecule has 1 aliphatic rings. The lowest BCUT2D eigenvalue weighted by atomic mass is 10.1. The van der Waals surface area contributed by atoms with Crippen molar-refractivity contribution in [3.63, 3.8) is 0 Å². The Morgan fingerprint density at radius 2 is 2.10 bits per heavy atom. The van der Waals surface area contributed by atoms with Gasteiger partial charge in [0.2, 0.25) is 0 Å². The first-order valence-electron chi connectivity index (χ1n) is 7.06. The summed E-state index contributed by atoms with van der Waals surface area (Å²) in [6.07, 6.45) is 0.855. The molecule has 2 heterocycles. The van der Waals surface area contributed by atoms with Gasteiger partial charge in [-0.25, -0.2) is 4.98 Å². The molecule has 0 saturated carbocycles. The molecule has 0 amide bonds. The number of aromatic nitrogens is 2. The van der Waals surface area contributed by atoms with Crippen molar-refractivity contribution in [1.29, 1.82) is 0 Å². The van der Waals surface area contributed by atoms with E-state index in [0.29, 0.717) is 10.5 Å². The first-order chi connectivity index (χ1) is 9.66. The number of hydrogen-bond donors (Lipinski definition) is 1. The first-order valence-corrected chi connectivity index (χ1v) is 9.15. The molecule has 1 saturated heterocycles. The van der Waals surface area contributed by atoms with Crippen LogP contribution in [0, 0.1) is 0 Å². The van der Waals surface area contributed by atoms with Gasteiger partial charge in [0, 0.05) is 41.5 Å². The van der Waals surface area contributed by atoms with Crippen molar-refractivity contribution >= 4 is 34.6 Å². The molecule has 1 aromatic heterocycles. The molecule has 1 fully saturated rings. The maximum atomic E-state index is 6.47. The van der Waals surface area contributed by atoms with Gasteiger partial charge in [-0.2, -0.15) is 23.5 Å². The number of fused-ring (bicyclic) bond motifs is 1. The summed E-state index contributed by atoms with van der Waals surface area (Å²) in [4.78, 5) is 4.74. The molecule has 3 rings (SSSR count). The zero-order valence-electron chi connectivity index (χ0n) is 12.0. The van der Waals surface area contributed by atoms with Crippen LogP contribution >= 0.6 is 23.5 Å². The summed E-state index contributed by atoms with van der Waals surface area (Å²) >= 11 is 4.07. The third-order valence-corrected chi connectivity index (χ3v) is 7.23. The highest BCUT2D eigenvalue weighted by atomic mass is 32.2. The van der Waals surface area contributed by atoms with E-state index in [1.807, 2.05) is 29.6 Å². The van der Waals surface area contributed by atoms with Crippen LogP contribution in [0.1, 0.15) is 12.7 Å². The number of nitrogens with zero attached hydrogens (tertiary/aromatic N) is 2. The number of para-hydroxylation sites is 2. The van der Waals surface area contributed by atoms with Crippen LogP contribution in [0.2, 0.25) is 0 Å². The SMILES string of the molecule is CC1SCCSC1C(N)Cc1nc2ccccc2n1C. The zero-order chi connectivity index (χ0) is 14.1. The lowest BCUT2D eigenvalue weighted by Crippen LogP contribution is -2.42. The van der Waals surface area contributed by atoms with E-state index in [2.05, 4.69) is 36.7 Å². The van der Waals surface area contributed by atoms with Crippen molar-refractivity contribution in [1.82, 2.24) is 9.55 Å². The van der Waals surface area contributed by atoms with Crippen LogP contribution < -0.4 is 5.73 Å². The minimum Gasteiger partial charge on any atom is -0.331 e. The Labute approximate surface area is 128 Å². The van der Waals surface area contributed by atoms with E-state index in [9.17, 15) is 0 Å². The summed E-state index contributed by atoms with van der Waals surface area (Å²) < 4.78 is 2.18. The molecular weight excluding hydrogens is 286 g/mol. The van der Waals surface area contributed by atoms with Crippen molar-refractivity contribution in [3.05, 3.63) is 30.1 Å². The van der Waals surface area contributed by atoms with Crippen molar-refractivity contribution < 1.29 is 0 Å². The molecule has 3 atom stereocenters. The zero-order valence-corrected chi connectivity index (χ0v) is 13.6. The molecule has 0 radical (unpaired) electrons. The molecule has 108 valence electrons. The van der Waals surface area contributed by atoms with Gasteiger partial charge in [0.05, 0.1) is 11.0 Å². The molecule has 3 unspecified atom stereocenters. The second-order valence-electron chi connectivity index (χ2n) is 5.36. The van der Waals surface area contributed by atoms with Crippen molar-refractivity contribution in [3.8, 4) is 0 Å². The highest BCUT2D eigenvalue weighted by Gasteiger charge is 2.29. The van der Waals surface area contributed by atoms with Crippen molar-refractivity contribution in [2.75, 3.05) is 11.5 Å². The fourth-order valence-electron chi connectivity index (χ4n) is 2.83. The third-order valence-electron chi connectivity index (χ3n) is 3.96. The maximum Gasteiger partial charge on any atom is 0.111 e. The topological polar surface area (TPSA) is 43.8 Å². The number of rotatable bonds is 3. The molecule has 20 heavy (non-hydrogen) atoms. The second kappa shape index (κ2) is 6.00. The number of aryl methyl sites for hydroxylation is 1. The first kappa shape index (κ1) is 14.3. The van der Waals surface area contributed by atoms with Crippen molar-refractivity contribution in [2.24, 2.45) is 12.8 Å². The summed E-state index contributed by atoms with van der Waals surface area (Å²) in [5.41, 5.74) is 8.73. The predicted molar refractivity (Wildman–Crippen MR) is 90.6 cm³/mol. The largest absolute Gasteiger partial charge is 0.331 e. The summed E-state index contributed by atoms with van der Waals surface area (Å²) in [5.74, 6) is 3.57. The van der Waals surface area contributed by atoms with Gasteiger partial charge in [-0.1, -0.05) is 19.1 Å². The minimum absolute atomic E-state index is 0.179. The maximum absolute atomic E-state index is 6.47.